The summed E-state index contributed by atoms with van der Waals surface area (Å²) in [7, 11) is 3.29. The number of carbonyl (C=O) groups is 1. The van der Waals surface area contributed by atoms with Crippen LogP contribution in [0, 0.1) is 0 Å². The van der Waals surface area contributed by atoms with Crippen LogP contribution in [0.25, 0.3) is 44.8 Å². The predicted octanol–water partition coefficient (Wildman–Crippen LogP) is 4.33. The molecule has 8 nitrogen and oxygen atoms in total. The molecule has 0 bridgehead atoms. The number of imidazole rings is 1. The molecule has 0 aliphatic heterocycles. The quantitative estimate of drug-likeness (QED) is 0.426. The van der Waals surface area contributed by atoms with Gasteiger partial charge in [0.1, 0.15) is 5.82 Å². The van der Waals surface area contributed by atoms with Gasteiger partial charge in [-0.2, -0.15) is 0 Å². The van der Waals surface area contributed by atoms with Gasteiger partial charge in [-0.25, -0.2) is 14.6 Å². The average molecular weight is 451 g/mol. The van der Waals surface area contributed by atoms with Crippen LogP contribution in [0.4, 0.5) is 10.6 Å². The second-order valence-electron chi connectivity index (χ2n) is 7.84. The monoisotopic (exact) mass is 450 g/mol. The summed E-state index contributed by atoms with van der Waals surface area (Å²) in [5, 5.41) is 6.00. The fourth-order valence-corrected chi connectivity index (χ4v) is 4.02. The Morgan fingerprint density at radius 3 is 2.59 bits per heavy atom. The maximum Gasteiger partial charge on any atom is 0.333 e. The van der Waals surface area contributed by atoms with E-state index in [1.165, 1.54) is 0 Å². The second kappa shape index (κ2) is 8.32. The first-order valence-electron chi connectivity index (χ1n) is 10.7. The molecule has 3 aromatic heterocycles. The number of nitrogens with one attached hydrogen (secondary N) is 2. The van der Waals surface area contributed by atoms with E-state index in [0.29, 0.717) is 5.82 Å². The minimum absolute atomic E-state index is 0.151. The number of amides is 2. The number of hydrogen-bond acceptors (Lipinski definition) is 4. The second-order valence-corrected chi connectivity index (χ2v) is 7.84. The van der Waals surface area contributed by atoms with Crippen LogP contribution in [0.1, 0.15) is 5.56 Å². The van der Waals surface area contributed by atoms with Gasteiger partial charge >= 0.3 is 11.7 Å². The number of rotatable bonds is 4. The third-order valence-electron chi connectivity index (χ3n) is 5.81. The van der Waals surface area contributed by atoms with Crippen molar-refractivity contribution in [1.29, 1.82) is 0 Å². The Kier molecular flexibility index (Phi) is 5.18. The van der Waals surface area contributed by atoms with Crippen LogP contribution in [0.2, 0.25) is 0 Å². The highest BCUT2D eigenvalue weighted by Crippen LogP contribution is 2.30. The number of urea groups is 1. The van der Waals surface area contributed by atoms with Crippen molar-refractivity contribution in [2.24, 2.45) is 7.05 Å². The molecule has 3 heterocycles. The van der Waals surface area contributed by atoms with Crippen LogP contribution in [-0.4, -0.2) is 32.2 Å². The minimum Gasteiger partial charge on any atom is -0.341 e. The third-order valence-corrected chi connectivity index (χ3v) is 5.81. The maximum absolute atomic E-state index is 13.3. The van der Waals surface area contributed by atoms with Gasteiger partial charge in [-0.05, 0) is 47.5 Å². The van der Waals surface area contributed by atoms with Crippen LogP contribution in [-0.2, 0) is 7.05 Å². The van der Waals surface area contributed by atoms with Crippen LogP contribution >= 0.6 is 0 Å². The highest BCUT2D eigenvalue weighted by Gasteiger charge is 2.17. The number of aryl methyl sites for hydroxylation is 1. The SMILES string of the molecule is C=Cc1cccc(-n2c(=O)n(C)c3cnc4ccc(-c5ccc(NC(=O)NC)nc5)cc4c32)c1. The summed E-state index contributed by atoms with van der Waals surface area (Å²) in [6.45, 7) is 3.84. The lowest BCUT2D eigenvalue weighted by molar-refractivity contribution is 0.254. The molecule has 34 heavy (non-hydrogen) atoms. The van der Waals surface area contributed by atoms with Gasteiger partial charge in [0.15, 0.2) is 0 Å². The number of nitrogens with zero attached hydrogens (tertiary/aromatic N) is 4. The van der Waals surface area contributed by atoms with Crippen molar-refractivity contribution in [2.45, 2.75) is 0 Å². The zero-order chi connectivity index (χ0) is 23.8. The molecule has 168 valence electrons. The summed E-state index contributed by atoms with van der Waals surface area (Å²) < 4.78 is 3.32. The first-order chi connectivity index (χ1) is 16.5. The summed E-state index contributed by atoms with van der Waals surface area (Å²) in [5.41, 5.74) is 5.63. The topological polar surface area (TPSA) is 93.8 Å². The number of pyridine rings is 2. The van der Waals surface area contributed by atoms with Crippen molar-refractivity contribution in [3.8, 4) is 16.8 Å². The molecule has 0 spiro atoms. The standard InChI is InChI=1S/C26H22N6O2/c1-4-16-6-5-7-19(12-16)32-24-20-13-17(18-9-11-23(29-14-18)30-25(33)27-2)8-10-21(20)28-15-22(24)31(3)26(32)34/h4-15H,1H2,2-3H3,(H2,27,29,30,33). The lowest BCUT2D eigenvalue weighted by Crippen LogP contribution is -2.24. The van der Waals surface area contributed by atoms with Crippen molar-refractivity contribution < 1.29 is 4.79 Å². The van der Waals surface area contributed by atoms with Gasteiger partial charge in [0.05, 0.1) is 28.4 Å². The Morgan fingerprint density at radius 1 is 1.03 bits per heavy atom. The molecule has 2 aromatic carbocycles. The Hall–Kier alpha value is -4.72. The highest BCUT2D eigenvalue weighted by molar-refractivity contribution is 6.04. The highest BCUT2D eigenvalue weighted by atomic mass is 16.2. The third kappa shape index (κ3) is 3.51. The molecule has 0 radical (unpaired) electrons. The van der Waals surface area contributed by atoms with E-state index >= 15 is 0 Å². The molecule has 5 aromatic rings. The van der Waals surface area contributed by atoms with Gasteiger partial charge in [-0.15, -0.1) is 0 Å². The summed E-state index contributed by atoms with van der Waals surface area (Å²) in [4.78, 5) is 33.7. The number of anilines is 1. The van der Waals surface area contributed by atoms with Gasteiger partial charge in [0.25, 0.3) is 0 Å². The predicted molar refractivity (Wildman–Crippen MR) is 135 cm³/mol. The number of benzene rings is 2. The van der Waals surface area contributed by atoms with Crippen molar-refractivity contribution in [2.75, 3.05) is 12.4 Å². The Balaban J connectivity index is 1.71. The zero-order valence-corrected chi connectivity index (χ0v) is 18.7. The van der Waals surface area contributed by atoms with Gasteiger partial charge < -0.3 is 5.32 Å². The molecular weight excluding hydrogens is 428 g/mol. The molecule has 0 fully saturated rings. The molecule has 0 aliphatic carbocycles. The summed E-state index contributed by atoms with van der Waals surface area (Å²) >= 11 is 0. The number of fused-ring (bicyclic) bond motifs is 3. The van der Waals surface area contributed by atoms with Gasteiger partial charge in [-0.3, -0.25) is 19.4 Å². The number of aromatic nitrogens is 4. The first-order valence-corrected chi connectivity index (χ1v) is 10.7. The Labute approximate surface area is 195 Å². The van der Waals surface area contributed by atoms with E-state index in [1.54, 1.807) is 47.8 Å². The lowest BCUT2D eigenvalue weighted by Gasteiger charge is -2.09. The maximum atomic E-state index is 13.3. The molecule has 2 N–H and O–H groups in total. The summed E-state index contributed by atoms with van der Waals surface area (Å²) in [5.74, 6) is 0.451. The van der Waals surface area contributed by atoms with Gasteiger partial charge in [-0.1, -0.05) is 30.9 Å². The van der Waals surface area contributed by atoms with Crippen molar-refractivity contribution >= 4 is 39.9 Å². The summed E-state index contributed by atoms with van der Waals surface area (Å²) in [6.07, 6.45) is 5.19. The number of hydrogen-bond donors (Lipinski definition) is 2. The van der Waals surface area contributed by atoms with E-state index in [9.17, 15) is 9.59 Å². The van der Waals surface area contributed by atoms with Crippen molar-refractivity contribution in [1.82, 2.24) is 24.4 Å². The molecule has 0 aliphatic rings. The van der Waals surface area contributed by atoms with E-state index < -0.39 is 0 Å². The molecule has 0 saturated heterocycles. The average Bonchev–Trinajstić information content (AvgIpc) is 3.14. The van der Waals surface area contributed by atoms with E-state index in [-0.39, 0.29) is 11.7 Å². The van der Waals surface area contributed by atoms with E-state index in [4.69, 9.17) is 0 Å². The van der Waals surface area contributed by atoms with E-state index in [2.05, 4.69) is 27.2 Å². The molecule has 2 amide bonds. The van der Waals surface area contributed by atoms with Gasteiger partial charge in [0.2, 0.25) is 0 Å². The van der Waals surface area contributed by atoms with Crippen LogP contribution in [0.5, 0.6) is 0 Å². The molecular formula is C26H22N6O2. The molecule has 0 saturated carbocycles. The fraction of sp³-hybridized carbons (Fsp3) is 0.0769. The minimum atomic E-state index is -0.331. The summed E-state index contributed by atoms with van der Waals surface area (Å²) in [6, 6.07) is 16.9. The first kappa shape index (κ1) is 21.1. The van der Waals surface area contributed by atoms with Gasteiger partial charge in [0, 0.05) is 31.2 Å². The smallest absolute Gasteiger partial charge is 0.333 e. The molecule has 5 rings (SSSR count). The number of carbonyl (C=O) groups excluding carboxylic acids is 1. The Morgan fingerprint density at radius 2 is 1.85 bits per heavy atom. The lowest BCUT2D eigenvalue weighted by atomic mass is 10.0. The Bertz CT molecular complexity index is 1630. The van der Waals surface area contributed by atoms with Crippen LogP contribution in [0.15, 0.2) is 78.4 Å². The molecule has 0 unspecified atom stereocenters. The van der Waals surface area contributed by atoms with Crippen LogP contribution in [0.3, 0.4) is 0 Å². The fourth-order valence-electron chi connectivity index (χ4n) is 4.02. The zero-order valence-electron chi connectivity index (χ0n) is 18.7. The van der Waals surface area contributed by atoms with E-state index in [1.807, 2.05) is 48.5 Å². The van der Waals surface area contributed by atoms with Crippen LogP contribution < -0.4 is 16.3 Å². The normalized spacial score (nSPS) is 11.0. The van der Waals surface area contributed by atoms with Crippen molar-refractivity contribution in [3.63, 3.8) is 0 Å². The van der Waals surface area contributed by atoms with Crippen molar-refractivity contribution in [3.05, 3.63) is 89.6 Å². The van der Waals surface area contributed by atoms with E-state index in [0.717, 1.165) is 44.3 Å². The molecule has 8 heteroatoms. The largest absolute Gasteiger partial charge is 0.341 e. The molecule has 0 atom stereocenters.